The van der Waals surface area contributed by atoms with Crippen LogP contribution in [0, 0.1) is 6.92 Å². The summed E-state index contributed by atoms with van der Waals surface area (Å²) in [7, 11) is 1.72. The van der Waals surface area contributed by atoms with Crippen molar-refractivity contribution in [2.24, 2.45) is 0 Å². The number of hydrogen-bond donors (Lipinski definition) is 1. The number of nitrogens with zero attached hydrogens (tertiary/aromatic N) is 1. The first-order chi connectivity index (χ1) is 9.19. The summed E-state index contributed by atoms with van der Waals surface area (Å²) in [6.07, 6.45) is 1.93. The zero-order chi connectivity index (χ0) is 13.7. The Morgan fingerprint density at radius 1 is 1.37 bits per heavy atom. The van der Waals surface area contributed by atoms with Gasteiger partial charge in [0.1, 0.15) is 5.01 Å². The predicted octanol–water partition coefficient (Wildman–Crippen LogP) is 3.45. The molecule has 1 aromatic carbocycles. The van der Waals surface area contributed by atoms with Crippen LogP contribution in [-0.2, 0) is 17.9 Å². The van der Waals surface area contributed by atoms with E-state index in [2.05, 4.69) is 48.4 Å². The molecule has 1 atom stereocenters. The van der Waals surface area contributed by atoms with Gasteiger partial charge >= 0.3 is 0 Å². The van der Waals surface area contributed by atoms with Crippen molar-refractivity contribution < 1.29 is 4.74 Å². The smallest absolute Gasteiger partial charge is 0.109 e. The minimum atomic E-state index is 0.282. The molecule has 0 aliphatic carbocycles. The number of benzene rings is 1. The summed E-state index contributed by atoms with van der Waals surface area (Å²) in [5.74, 6) is 0. The number of aryl methyl sites for hydroxylation is 1. The lowest BCUT2D eigenvalue weighted by Crippen LogP contribution is -2.17. The Morgan fingerprint density at radius 3 is 2.84 bits per heavy atom. The van der Waals surface area contributed by atoms with E-state index in [4.69, 9.17) is 4.74 Å². The van der Waals surface area contributed by atoms with E-state index in [1.807, 2.05) is 6.20 Å². The molecule has 0 spiro atoms. The van der Waals surface area contributed by atoms with Gasteiger partial charge in [-0.05, 0) is 25.0 Å². The Labute approximate surface area is 118 Å². The van der Waals surface area contributed by atoms with Crippen LogP contribution in [0.5, 0.6) is 0 Å². The highest BCUT2D eigenvalue weighted by Gasteiger charge is 2.08. The van der Waals surface area contributed by atoms with Gasteiger partial charge in [0.05, 0.1) is 12.6 Å². The monoisotopic (exact) mass is 276 g/mol. The minimum Gasteiger partial charge on any atom is -0.380 e. The number of nitrogens with one attached hydrogen (secondary N) is 1. The Kier molecular flexibility index (Phi) is 5.07. The maximum Gasteiger partial charge on any atom is 0.109 e. The van der Waals surface area contributed by atoms with E-state index in [0.717, 1.165) is 11.6 Å². The SMILES string of the molecule is COCc1cccc(CNC(C)c2ncc(C)s2)c1. The van der Waals surface area contributed by atoms with Crippen molar-refractivity contribution in [1.82, 2.24) is 10.3 Å². The molecule has 0 saturated heterocycles. The lowest BCUT2D eigenvalue weighted by molar-refractivity contribution is 0.185. The van der Waals surface area contributed by atoms with Crippen LogP contribution in [-0.4, -0.2) is 12.1 Å². The van der Waals surface area contributed by atoms with Gasteiger partial charge in [0, 0.05) is 24.7 Å². The Balaban J connectivity index is 1.93. The molecule has 4 heteroatoms. The molecular weight excluding hydrogens is 256 g/mol. The van der Waals surface area contributed by atoms with Crippen LogP contribution in [0.1, 0.15) is 34.0 Å². The van der Waals surface area contributed by atoms with E-state index in [-0.39, 0.29) is 6.04 Å². The molecule has 0 radical (unpaired) electrons. The van der Waals surface area contributed by atoms with Gasteiger partial charge in [-0.25, -0.2) is 4.98 Å². The molecule has 0 fully saturated rings. The average Bonchev–Trinajstić information content (AvgIpc) is 2.84. The summed E-state index contributed by atoms with van der Waals surface area (Å²) in [6, 6.07) is 8.75. The molecule has 1 N–H and O–H groups in total. The summed E-state index contributed by atoms with van der Waals surface area (Å²) < 4.78 is 5.15. The molecule has 1 aromatic heterocycles. The van der Waals surface area contributed by atoms with Crippen molar-refractivity contribution in [2.45, 2.75) is 33.0 Å². The van der Waals surface area contributed by atoms with Crippen molar-refractivity contribution >= 4 is 11.3 Å². The van der Waals surface area contributed by atoms with E-state index < -0.39 is 0 Å². The molecule has 1 heterocycles. The first kappa shape index (κ1) is 14.2. The van der Waals surface area contributed by atoms with E-state index >= 15 is 0 Å². The second kappa shape index (κ2) is 6.80. The molecule has 2 aromatic rings. The van der Waals surface area contributed by atoms with E-state index in [9.17, 15) is 0 Å². The first-order valence-corrected chi connectivity index (χ1v) is 7.23. The highest BCUT2D eigenvalue weighted by molar-refractivity contribution is 7.11. The Bertz CT molecular complexity index is 524. The summed E-state index contributed by atoms with van der Waals surface area (Å²) >= 11 is 1.75. The maximum absolute atomic E-state index is 5.15. The van der Waals surface area contributed by atoms with E-state index in [1.165, 1.54) is 16.0 Å². The van der Waals surface area contributed by atoms with Gasteiger partial charge in [-0.15, -0.1) is 11.3 Å². The third-order valence-electron chi connectivity index (χ3n) is 2.92. The molecule has 0 amide bonds. The highest BCUT2D eigenvalue weighted by atomic mass is 32.1. The molecule has 102 valence electrons. The predicted molar refractivity (Wildman–Crippen MR) is 79.3 cm³/mol. The van der Waals surface area contributed by atoms with Crippen LogP contribution in [0.25, 0.3) is 0 Å². The quantitative estimate of drug-likeness (QED) is 0.877. The van der Waals surface area contributed by atoms with Gasteiger partial charge < -0.3 is 10.1 Å². The largest absolute Gasteiger partial charge is 0.380 e. The summed E-state index contributed by atoms with van der Waals surface area (Å²) in [5, 5.41) is 4.65. The summed E-state index contributed by atoms with van der Waals surface area (Å²) in [6.45, 7) is 5.74. The van der Waals surface area contributed by atoms with Crippen LogP contribution in [0.15, 0.2) is 30.5 Å². The second-order valence-electron chi connectivity index (χ2n) is 4.66. The fraction of sp³-hybridized carbons (Fsp3) is 0.400. The van der Waals surface area contributed by atoms with E-state index in [1.54, 1.807) is 18.4 Å². The fourth-order valence-corrected chi connectivity index (χ4v) is 2.73. The van der Waals surface area contributed by atoms with Gasteiger partial charge in [-0.1, -0.05) is 24.3 Å². The molecule has 0 aliphatic heterocycles. The van der Waals surface area contributed by atoms with Crippen molar-refractivity contribution in [2.75, 3.05) is 7.11 Å². The number of aromatic nitrogens is 1. The van der Waals surface area contributed by atoms with Crippen molar-refractivity contribution in [3.8, 4) is 0 Å². The third-order valence-corrected chi connectivity index (χ3v) is 4.02. The molecule has 19 heavy (non-hydrogen) atoms. The van der Waals surface area contributed by atoms with Crippen molar-refractivity contribution in [3.63, 3.8) is 0 Å². The fourth-order valence-electron chi connectivity index (χ4n) is 1.93. The van der Waals surface area contributed by atoms with Gasteiger partial charge in [-0.3, -0.25) is 0 Å². The summed E-state index contributed by atoms with van der Waals surface area (Å²) in [4.78, 5) is 5.67. The Hall–Kier alpha value is -1.23. The number of methoxy groups -OCH3 is 1. The van der Waals surface area contributed by atoms with Gasteiger partial charge in [-0.2, -0.15) is 0 Å². The summed E-state index contributed by atoms with van der Waals surface area (Å²) in [5.41, 5.74) is 2.48. The van der Waals surface area contributed by atoms with Crippen molar-refractivity contribution in [3.05, 3.63) is 51.5 Å². The standard InChI is InChI=1S/C15H20N2OS/c1-11-8-17-15(19-11)12(2)16-9-13-5-4-6-14(7-13)10-18-3/h4-8,12,16H,9-10H2,1-3H3. The highest BCUT2D eigenvalue weighted by Crippen LogP contribution is 2.19. The van der Waals surface area contributed by atoms with Gasteiger partial charge in [0.2, 0.25) is 0 Å². The number of thiazole rings is 1. The minimum absolute atomic E-state index is 0.282. The lowest BCUT2D eigenvalue weighted by Gasteiger charge is -2.11. The third kappa shape index (κ3) is 4.13. The van der Waals surface area contributed by atoms with Crippen molar-refractivity contribution in [1.29, 1.82) is 0 Å². The lowest BCUT2D eigenvalue weighted by atomic mass is 10.1. The van der Waals surface area contributed by atoms with Gasteiger partial charge in [0.25, 0.3) is 0 Å². The van der Waals surface area contributed by atoms with Gasteiger partial charge in [0.15, 0.2) is 0 Å². The van der Waals surface area contributed by atoms with Crippen LogP contribution in [0.2, 0.25) is 0 Å². The normalized spacial score (nSPS) is 12.6. The number of ether oxygens (including phenoxy) is 1. The van der Waals surface area contributed by atoms with E-state index in [0.29, 0.717) is 6.61 Å². The maximum atomic E-state index is 5.15. The Morgan fingerprint density at radius 2 is 2.16 bits per heavy atom. The molecule has 1 unspecified atom stereocenters. The first-order valence-electron chi connectivity index (χ1n) is 6.41. The second-order valence-corrected chi connectivity index (χ2v) is 5.93. The molecule has 0 bridgehead atoms. The van der Waals surface area contributed by atoms with Crippen LogP contribution in [0.3, 0.4) is 0 Å². The van der Waals surface area contributed by atoms with Crippen LogP contribution >= 0.6 is 11.3 Å². The molecule has 3 nitrogen and oxygen atoms in total. The number of rotatable bonds is 6. The zero-order valence-electron chi connectivity index (χ0n) is 11.6. The topological polar surface area (TPSA) is 34.1 Å². The average molecular weight is 276 g/mol. The zero-order valence-corrected chi connectivity index (χ0v) is 12.5. The molecule has 0 saturated carbocycles. The molecular formula is C15H20N2OS. The molecule has 2 rings (SSSR count). The number of hydrogen-bond acceptors (Lipinski definition) is 4. The molecule has 0 aliphatic rings. The van der Waals surface area contributed by atoms with Crippen LogP contribution in [0.4, 0.5) is 0 Å². The van der Waals surface area contributed by atoms with Crippen LogP contribution < -0.4 is 5.32 Å².